The zero-order chi connectivity index (χ0) is 19.4. The molecule has 0 saturated carbocycles. The standard InChI is InChI=1S/C19H17ClFN3O2S/c1-12-2-5-17-22-14(9-19(26)24(17)10-12)11-27-7-6-18(25)23-16-4-3-13(20)8-15(16)21/h2-5,8-10H,6-7,11H2,1H3,(H,23,25). The van der Waals surface area contributed by atoms with Gasteiger partial charge in [-0.2, -0.15) is 11.8 Å². The predicted molar refractivity (Wildman–Crippen MR) is 107 cm³/mol. The highest BCUT2D eigenvalue weighted by atomic mass is 35.5. The van der Waals surface area contributed by atoms with Crippen LogP contribution in [0.2, 0.25) is 5.02 Å². The molecule has 0 aliphatic carbocycles. The van der Waals surface area contributed by atoms with Crippen molar-refractivity contribution in [3.63, 3.8) is 0 Å². The van der Waals surface area contributed by atoms with E-state index in [9.17, 15) is 14.0 Å². The van der Waals surface area contributed by atoms with Gasteiger partial charge in [-0.25, -0.2) is 9.37 Å². The molecule has 0 saturated heterocycles. The molecule has 5 nitrogen and oxygen atoms in total. The molecule has 1 aromatic carbocycles. The smallest absolute Gasteiger partial charge is 0.258 e. The van der Waals surface area contributed by atoms with Gasteiger partial charge in [0, 0.05) is 35.2 Å². The van der Waals surface area contributed by atoms with Crippen molar-refractivity contribution in [2.45, 2.75) is 19.1 Å². The van der Waals surface area contributed by atoms with Crippen LogP contribution in [0.1, 0.15) is 17.7 Å². The molecule has 0 atom stereocenters. The van der Waals surface area contributed by atoms with Crippen LogP contribution in [0.4, 0.5) is 10.1 Å². The number of amides is 1. The van der Waals surface area contributed by atoms with E-state index in [1.807, 2.05) is 13.0 Å². The number of rotatable bonds is 6. The number of thioether (sulfide) groups is 1. The molecule has 0 aliphatic rings. The lowest BCUT2D eigenvalue weighted by Gasteiger charge is -2.07. The van der Waals surface area contributed by atoms with Crippen LogP contribution in [-0.2, 0) is 10.5 Å². The number of aryl methyl sites for hydroxylation is 1. The van der Waals surface area contributed by atoms with Crippen LogP contribution in [-0.4, -0.2) is 21.0 Å². The Bertz CT molecular complexity index is 1050. The number of carbonyl (C=O) groups is 1. The van der Waals surface area contributed by atoms with Crippen molar-refractivity contribution in [2.75, 3.05) is 11.1 Å². The van der Waals surface area contributed by atoms with Crippen molar-refractivity contribution in [3.8, 4) is 0 Å². The second-order valence-electron chi connectivity index (χ2n) is 6.00. The molecule has 140 valence electrons. The van der Waals surface area contributed by atoms with Crippen LogP contribution in [0.15, 0.2) is 47.4 Å². The van der Waals surface area contributed by atoms with Gasteiger partial charge < -0.3 is 5.32 Å². The lowest BCUT2D eigenvalue weighted by molar-refractivity contribution is -0.115. The number of carbonyl (C=O) groups excluding carboxylic acids is 1. The highest BCUT2D eigenvalue weighted by molar-refractivity contribution is 7.98. The summed E-state index contributed by atoms with van der Waals surface area (Å²) in [5, 5.41) is 2.79. The van der Waals surface area contributed by atoms with E-state index in [0.717, 1.165) is 11.6 Å². The number of nitrogens with one attached hydrogen (secondary N) is 1. The molecule has 27 heavy (non-hydrogen) atoms. The Morgan fingerprint density at radius 2 is 2.11 bits per heavy atom. The first-order chi connectivity index (χ1) is 12.9. The Labute approximate surface area is 164 Å². The van der Waals surface area contributed by atoms with Gasteiger partial charge >= 0.3 is 0 Å². The topological polar surface area (TPSA) is 63.5 Å². The summed E-state index contributed by atoms with van der Waals surface area (Å²) >= 11 is 7.17. The maximum Gasteiger partial charge on any atom is 0.258 e. The predicted octanol–water partition coefficient (Wildman–Crippen LogP) is 4.06. The van der Waals surface area contributed by atoms with E-state index in [1.165, 1.54) is 34.4 Å². The molecule has 3 rings (SSSR count). The molecule has 2 aromatic heterocycles. The third-order valence-electron chi connectivity index (χ3n) is 3.79. The molecule has 0 spiro atoms. The van der Waals surface area contributed by atoms with Crippen LogP contribution in [0, 0.1) is 12.7 Å². The van der Waals surface area contributed by atoms with E-state index in [0.29, 0.717) is 22.8 Å². The number of benzene rings is 1. The van der Waals surface area contributed by atoms with Crippen molar-refractivity contribution in [2.24, 2.45) is 0 Å². The van der Waals surface area contributed by atoms with E-state index in [4.69, 9.17) is 11.6 Å². The Kier molecular flexibility index (Phi) is 6.13. The second-order valence-corrected chi connectivity index (χ2v) is 7.54. The minimum absolute atomic E-state index is 0.105. The molecule has 8 heteroatoms. The molecule has 2 heterocycles. The zero-order valence-electron chi connectivity index (χ0n) is 14.5. The number of hydrogen-bond acceptors (Lipinski definition) is 4. The van der Waals surface area contributed by atoms with Crippen molar-refractivity contribution < 1.29 is 9.18 Å². The number of aromatic nitrogens is 2. The molecule has 0 fully saturated rings. The largest absolute Gasteiger partial charge is 0.324 e. The Hall–Kier alpha value is -2.38. The Morgan fingerprint density at radius 1 is 1.30 bits per heavy atom. The minimum atomic E-state index is -0.570. The minimum Gasteiger partial charge on any atom is -0.324 e. The highest BCUT2D eigenvalue weighted by Crippen LogP contribution is 2.19. The molecular formula is C19H17ClFN3O2S. The molecule has 0 aliphatic heterocycles. The van der Waals surface area contributed by atoms with Crippen LogP contribution >= 0.6 is 23.4 Å². The Morgan fingerprint density at radius 3 is 2.89 bits per heavy atom. The number of pyridine rings is 1. The van der Waals surface area contributed by atoms with E-state index in [2.05, 4.69) is 10.3 Å². The summed E-state index contributed by atoms with van der Waals surface area (Å²) in [6.07, 6.45) is 1.97. The van der Waals surface area contributed by atoms with Crippen LogP contribution in [0.3, 0.4) is 0 Å². The number of nitrogens with zero attached hydrogens (tertiary/aromatic N) is 2. The molecule has 0 radical (unpaired) electrons. The second kappa shape index (κ2) is 8.54. The summed E-state index contributed by atoms with van der Waals surface area (Å²) in [4.78, 5) is 28.5. The monoisotopic (exact) mass is 405 g/mol. The van der Waals surface area contributed by atoms with Crippen LogP contribution in [0.5, 0.6) is 0 Å². The fraction of sp³-hybridized carbons (Fsp3) is 0.211. The molecule has 1 N–H and O–H groups in total. The Balaban J connectivity index is 1.52. The fourth-order valence-corrected chi connectivity index (χ4v) is 3.47. The molecular weight excluding hydrogens is 389 g/mol. The first-order valence-corrected chi connectivity index (χ1v) is 9.77. The van der Waals surface area contributed by atoms with Gasteiger partial charge in [0.2, 0.25) is 5.91 Å². The molecule has 3 aromatic rings. The summed E-state index contributed by atoms with van der Waals surface area (Å²) in [5.41, 5.74) is 2.22. The van der Waals surface area contributed by atoms with Gasteiger partial charge in [0.1, 0.15) is 11.5 Å². The summed E-state index contributed by atoms with van der Waals surface area (Å²) in [6, 6.07) is 9.30. The summed E-state index contributed by atoms with van der Waals surface area (Å²) in [6.45, 7) is 1.91. The van der Waals surface area contributed by atoms with Crippen molar-refractivity contribution in [1.29, 1.82) is 0 Å². The maximum absolute atomic E-state index is 13.7. The first-order valence-electron chi connectivity index (χ1n) is 8.24. The summed E-state index contributed by atoms with van der Waals surface area (Å²) in [5.74, 6) is 0.184. The van der Waals surface area contributed by atoms with Crippen LogP contribution < -0.4 is 10.9 Å². The van der Waals surface area contributed by atoms with E-state index in [-0.39, 0.29) is 28.6 Å². The van der Waals surface area contributed by atoms with Gasteiger partial charge in [0.25, 0.3) is 5.56 Å². The third-order valence-corrected chi connectivity index (χ3v) is 5.02. The van der Waals surface area contributed by atoms with E-state index >= 15 is 0 Å². The third kappa shape index (κ3) is 5.08. The normalized spacial score (nSPS) is 10.9. The quantitative estimate of drug-likeness (QED) is 0.628. The lowest BCUT2D eigenvalue weighted by atomic mass is 10.3. The van der Waals surface area contributed by atoms with E-state index in [1.54, 1.807) is 12.3 Å². The average Bonchev–Trinajstić information content (AvgIpc) is 2.62. The molecule has 0 bridgehead atoms. The number of halogens is 2. The molecule has 1 amide bonds. The molecule has 0 unspecified atom stereocenters. The highest BCUT2D eigenvalue weighted by Gasteiger charge is 2.08. The van der Waals surface area contributed by atoms with Crippen molar-refractivity contribution in [1.82, 2.24) is 9.38 Å². The van der Waals surface area contributed by atoms with Gasteiger partial charge in [0.05, 0.1) is 11.4 Å². The zero-order valence-corrected chi connectivity index (χ0v) is 16.1. The lowest BCUT2D eigenvalue weighted by Crippen LogP contribution is -2.15. The van der Waals surface area contributed by atoms with Gasteiger partial charge in [-0.1, -0.05) is 17.7 Å². The van der Waals surface area contributed by atoms with Gasteiger partial charge in [-0.15, -0.1) is 0 Å². The summed E-state index contributed by atoms with van der Waals surface area (Å²) in [7, 11) is 0. The first kappa shape index (κ1) is 19.4. The number of hydrogen-bond donors (Lipinski definition) is 1. The van der Waals surface area contributed by atoms with Crippen LogP contribution in [0.25, 0.3) is 5.65 Å². The van der Waals surface area contributed by atoms with Crippen molar-refractivity contribution in [3.05, 3.63) is 75.0 Å². The van der Waals surface area contributed by atoms with Gasteiger partial charge in [0.15, 0.2) is 0 Å². The van der Waals surface area contributed by atoms with Gasteiger partial charge in [-0.3, -0.25) is 14.0 Å². The maximum atomic E-state index is 13.7. The SMILES string of the molecule is Cc1ccc2nc(CSCCC(=O)Nc3ccc(Cl)cc3F)cc(=O)n2c1. The fourth-order valence-electron chi connectivity index (χ4n) is 2.48. The van der Waals surface area contributed by atoms with Crippen molar-refractivity contribution >= 4 is 40.6 Å². The average molecular weight is 406 g/mol. The van der Waals surface area contributed by atoms with E-state index < -0.39 is 5.82 Å². The van der Waals surface area contributed by atoms with Gasteiger partial charge in [-0.05, 0) is 36.8 Å². The summed E-state index contributed by atoms with van der Waals surface area (Å²) < 4.78 is 15.2. The number of anilines is 1. The number of fused-ring (bicyclic) bond motifs is 1.